The summed E-state index contributed by atoms with van der Waals surface area (Å²) in [5.74, 6) is 0.309. The summed E-state index contributed by atoms with van der Waals surface area (Å²) in [7, 11) is 0. The molecule has 2 N–H and O–H groups in total. The molecule has 1 heterocycles. The van der Waals surface area contributed by atoms with Crippen LogP contribution in [0.5, 0.6) is 5.75 Å². The predicted octanol–water partition coefficient (Wildman–Crippen LogP) is 3.77. The number of nitrogens with one attached hydrogen (secondary N) is 1. The molecule has 1 aromatic carbocycles. The first kappa shape index (κ1) is 13.5. The molecule has 0 saturated heterocycles. The van der Waals surface area contributed by atoms with E-state index in [0.29, 0.717) is 11.9 Å². The first-order chi connectivity index (χ1) is 8.88. The monoisotopic (exact) mass is 270 g/mol. The number of nitrogens with zero attached hydrogens (tertiary/aromatic N) is 1. The van der Waals surface area contributed by atoms with Crippen LogP contribution in [0.4, 0.5) is 18.9 Å². The smallest absolute Gasteiger partial charge is 0.416 e. The van der Waals surface area contributed by atoms with Crippen LogP contribution < -0.4 is 5.32 Å². The number of hydrogen-bond donors (Lipinski definition) is 2. The molecule has 3 nitrogen and oxygen atoms in total. The Morgan fingerprint density at radius 1 is 1.37 bits per heavy atom. The number of anilines is 1. The van der Waals surface area contributed by atoms with Crippen LogP contribution in [0, 0.1) is 5.92 Å². The topological polar surface area (TPSA) is 44.6 Å². The molecule has 0 fully saturated rings. The molecule has 2 rings (SSSR count). The number of aliphatic imine (C=N–C) groups is 1. The number of aromatic hydroxyl groups is 1. The highest BCUT2D eigenvalue weighted by Crippen LogP contribution is 2.34. The number of phenolic OH excluding ortho intramolecular Hbond substituents is 1. The van der Waals surface area contributed by atoms with Crippen LogP contribution in [0.25, 0.3) is 0 Å². The molecule has 0 aromatic heterocycles. The Kier molecular flexibility index (Phi) is 3.50. The second-order valence-electron chi connectivity index (χ2n) is 4.39. The van der Waals surface area contributed by atoms with Gasteiger partial charge in [0.05, 0.1) is 11.3 Å². The van der Waals surface area contributed by atoms with Crippen molar-refractivity contribution in [1.29, 1.82) is 0 Å². The Balaban J connectivity index is 2.23. The van der Waals surface area contributed by atoms with Crippen molar-refractivity contribution in [3.63, 3.8) is 0 Å². The van der Waals surface area contributed by atoms with Gasteiger partial charge in [0.2, 0.25) is 0 Å². The van der Waals surface area contributed by atoms with Crippen molar-refractivity contribution in [2.75, 3.05) is 5.32 Å². The third-order valence-electron chi connectivity index (χ3n) is 2.86. The van der Waals surface area contributed by atoms with Crippen molar-refractivity contribution in [3.05, 3.63) is 36.0 Å². The number of hydrogen-bond acceptors (Lipinski definition) is 3. The lowest BCUT2D eigenvalue weighted by molar-refractivity contribution is -0.137. The van der Waals surface area contributed by atoms with Gasteiger partial charge in [-0.2, -0.15) is 13.2 Å². The van der Waals surface area contributed by atoms with Crippen LogP contribution in [0.15, 0.2) is 35.5 Å². The Labute approximate surface area is 108 Å². The number of halogens is 3. The van der Waals surface area contributed by atoms with E-state index in [1.165, 1.54) is 6.07 Å². The molecular formula is C13H13F3N2O. The molecular weight excluding hydrogens is 257 g/mol. The van der Waals surface area contributed by atoms with E-state index in [1.807, 2.05) is 13.0 Å². The number of rotatable bonds is 1. The third kappa shape index (κ3) is 3.07. The molecule has 0 radical (unpaired) electrons. The van der Waals surface area contributed by atoms with Gasteiger partial charge < -0.3 is 10.4 Å². The number of allylic oxidation sites excluding steroid dienone is 1. The molecule has 19 heavy (non-hydrogen) atoms. The van der Waals surface area contributed by atoms with E-state index < -0.39 is 17.5 Å². The first-order valence-electron chi connectivity index (χ1n) is 5.78. The minimum Gasteiger partial charge on any atom is -0.506 e. The molecule has 1 atom stereocenters. The fourth-order valence-corrected chi connectivity index (χ4v) is 1.74. The van der Waals surface area contributed by atoms with Crippen LogP contribution in [0.2, 0.25) is 0 Å². The van der Waals surface area contributed by atoms with Gasteiger partial charge in [-0.15, -0.1) is 0 Å². The quantitative estimate of drug-likeness (QED) is 0.763. The van der Waals surface area contributed by atoms with Gasteiger partial charge in [0.1, 0.15) is 11.6 Å². The van der Waals surface area contributed by atoms with Crippen molar-refractivity contribution in [2.24, 2.45) is 10.9 Å². The molecule has 1 aromatic rings. The number of amidine groups is 1. The standard InChI is InChI=1S/C13H13F3N2O/c1-8-3-2-6-17-12(8)18-10-5-4-9(7-11(10)19)13(14,15)16/h2,4-8,19H,3H2,1H3,(H,17,18). The molecule has 102 valence electrons. The summed E-state index contributed by atoms with van der Waals surface area (Å²) in [6.45, 7) is 1.94. The zero-order chi connectivity index (χ0) is 14.0. The summed E-state index contributed by atoms with van der Waals surface area (Å²) in [4.78, 5) is 4.11. The minimum atomic E-state index is -4.46. The van der Waals surface area contributed by atoms with Gasteiger partial charge in [-0.1, -0.05) is 13.0 Å². The Morgan fingerprint density at radius 2 is 2.11 bits per heavy atom. The van der Waals surface area contributed by atoms with Crippen LogP contribution in [0.3, 0.4) is 0 Å². The van der Waals surface area contributed by atoms with Gasteiger partial charge in [0.15, 0.2) is 0 Å². The van der Waals surface area contributed by atoms with Crippen molar-refractivity contribution in [1.82, 2.24) is 0 Å². The highest BCUT2D eigenvalue weighted by molar-refractivity contribution is 5.98. The minimum absolute atomic E-state index is 0.131. The van der Waals surface area contributed by atoms with Gasteiger partial charge in [0, 0.05) is 12.1 Å². The second kappa shape index (κ2) is 4.95. The molecule has 1 unspecified atom stereocenters. The van der Waals surface area contributed by atoms with Gasteiger partial charge in [-0.25, -0.2) is 4.99 Å². The highest BCUT2D eigenvalue weighted by atomic mass is 19.4. The molecule has 0 aliphatic carbocycles. The lowest BCUT2D eigenvalue weighted by atomic mass is 10.0. The number of alkyl halides is 3. The molecule has 0 spiro atoms. The van der Waals surface area contributed by atoms with Crippen LogP contribution >= 0.6 is 0 Å². The predicted molar refractivity (Wildman–Crippen MR) is 67.1 cm³/mol. The molecule has 1 aliphatic rings. The first-order valence-corrected chi connectivity index (χ1v) is 5.78. The number of benzene rings is 1. The maximum Gasteiger partial charge on any atom is 0.416 e. The Bertz CT molecular complexity index is 535. The van der Waals surface area contributed by atoms with Gasteiger partial charge >= 0.3 is 6.18 Å². The zero-order valence-corrected chi connectivity index (χ0v) is 10.2. The maximum atomic E-state index is 12.5. The fraction of sp³-hybridized carbons (Fsp3) is 0.308. The number of phenols is 1. The fourth-order valence-electron chi connectivity index (χ4n) is 1.74. The van der Waals surface area contributed by atoms with E-state index >= 15 is 0 Å². The molecule has 0 bridgehead atoms. The van der Waals surface area contributed by atoms with Crippen LogP contribution in [0.1, 0.15) is 18.9 Å². The van der Waals surface area contributed by atoms with Gasteiger partial charge in [0.25, 0.3) is 0 Å². The van der Waals surface area contributed by atoms with E-state index in [0.717, 1.165) is 12.5 Å². The highest BCUT2D eigenvalue weighted by Gasteiger charge is 2.31. The third-order valence-corrected chi connectivity index (χ3v) is 2.86. The average molecular weight is 270 g/mol. The Hall–Kier alpha value is -1.98. The van der Waals surface area contributed by atoms with Crippen molar-refractivity contribution < 1.29 is 18.3 Å². The lowest BCUT2D eigenvalue weighted by Gasteiger charge is -2.18. The molecule has 0 amide bonds. The van der Waals surface area contributed by atoms with Gasteiger partial charge in [-0.3, -0.25) is 0 Å². The molecule has 0 saturated carbocycles. The van der Waals surface area contributed by atoms with Gasteiger partial charge in [-0.05, 0) is 24.6 Å². The second-order valence-corrected chi connectivity index (χ2v) is 4.39. The van der Waals surface area contributed by atoms with E-state index in [-0.39, 0.29) is 11.6 Å². The van der Waals surface area contributed by atoms with Crippen molar-refractivity contribution in [3.8, 4) is 5.75 Å². The SMILES string of the molecule is CC1CC=CN=C1Nc1ccc(C(F)(F)F)cc1O. The summed E-state index contributed by atoms with van der Waals surface area (Å²) in [5.41, 5.74) is -0.664. The molecule has 1 aliphatic heterocycles. The summed E-state index contributed by atoms with van der Waals surface area (Å²) < 4.78 is 37.4. The van der Waals surface area contributed by atoms with Crippen molar-refractivity contribution >= 4 is 11.5 Å². The zero-order valence-electron chi connectivity index (χ0n) is 10.2. The summed E-state index contributed by atoms with van der Waals surface area (Å²) in [6.07, 6.45) is -0.131. The maximum absolute atomic E-state index is 12.5. The van der Waals surface area contributed by atoms with Crippen molar-refractivity contribution in [2.45, 2.75) is 19.5 Å². The van der Waals surface area contributed by atoms with Crippen LogP contribution in [-0.4, -0.2) is 10.9 Å². The van der Waals surface area contributed by atoms with E-state index in [1.54, 1.807) is 6.20 Å². The largest absolute Gasteiger partial charge is 0.506 e. The normalized spacial score (nSPS) is 19.2. The van der Waals surface area contributed by atoms with E-state index in [9.17, 15) is 18.3 Å². The average Bonchev–Trinajstić information content (AvgIpc) is 2.33. The van der Waals surface area contributed by atoms with Crippen LogP contribution in [-0.2, 0) is 6.18 Å². The summed E-state index contributed by atoms with van der Waals surface area (Å²) in [5, 5.41) is 12.5. The summed E-state index contributed by atoms with van der Waals surface area (Å²) in [6, 6.07) is 2.82. The lowest BCUT2D eigenvalue weighted by Crippen LogP contribution is -2.22. The molecule has 6 heteroatoms. The van der Waals surface area contributed by atoms with E-state index in [4.69, 9.17) is 0 Å². The van der Waals surface area contributed by atoms with E-state index in [2.05, 4.69) is 10.3 Å². The Morgan fingerprint density at radius 3 is 2.68 bits per heavy atom. The summed E-state index contributed by atoms with van der Waals surface area (Å²) >= 11 is 0.